The molecule has 100 valence electrons. The van der Waals surface area contributed by atoms with Gasteiger partial charge in [0, 0.05) is 19.0 Å². The molecule has 7 heteroatoms. The Kier molecular flexibility index (Phi) is 6.31. The lowest BCUT2D eigenvalue weighted by Gasteiger charge is -2.05. The lowest BCUT2D eigenvalue weighted by molar-refractivity contribution is -0.137. The van der Waals surface area contributed by atoms with Crippen LogP contribution in [0.1, 0.15) is 31.4 Å². The van der Waals surface area contributed by atoms with Crippen molar-refractivity contribution in [1.29, 1.82) is 0 Å². The molecule has 0 saturated carbocycles. The van der Waals surface area contributed by atoms with Gasteiger partial charge >= 0.3 is 12.0 Å². The number of carboxylic acid groups (broad SMARTS) is 1. The van der Waals surface area contributed by atoms with Crippen LogP contribution in [0.5, 0.6) is 0 Å². The number of hydrogen-bond acceptors (Lipinski definition) is 4. The zero-order valence-electron chi connectivity index (χ0n) is 10.0. The normalized spacial score (nSPS) is 10.0. The van der Waals surface area contributed by atoms with Crippen LogP contribution in [-0.2, 0) is 11.3 Å². The Balaban J connectivity index is 1.95. The number of carboxylic acids is 1. The van der Waals surface area contributed by atoms with Gasteiger partial charge in [-0.1, -0.05) is 11.6 Å². The molecule has 0 fully saturated rings. The van der Waals surface area contributed by atoms with E-state index in [1.165, 1.54) is 6.26 Å². The maximum absolute atomic E-state index is 11.3. The first kappa shape index (κ1) is 14.0. The molecule has 0 bridgehead atoms. The molecule has 0 radical (unpaired) electrons. The van der Waals surface area contributed by atoms with Crippen LogP contribution in [0.3, 0.4) is 0 Å². The Bertz CT molecular complexity index is 364. The summed E-state index contributed by atoms with van der Waals surface area (Å²) in [7, 11) is 0. The van der Waals surface area contributed by atoms with E-state index in [0.717, 1.165) is 12.8 Å². The standard InChI is InChI=1S/C11H17N3O4/c15-10(16)4-2-1-3-6-12-11(17)13-8-9-5-7-18-14-9/h5,7H,1-4,6,8H2,(H,15,16)(H2,12,13,17). The minimum Gasteiger partial charge on any atom is -0.481 e. The first-order valence-electron chi connectivity index (χ1n) is 5.81. The molecule has 1 rings (SSSR count). The number of carbonyl (C=O) groups is 2. The van der Waals surface area contributed by atoms with Gasteiger partial charge in [-0.25, -0.2) is 4.79 Å². The lowest BCUT2D eigenvalue weighted by Crippen LogP contribution is -2.35. The van der Waals surface area contributed by atoms with E-state index in [4.69, 9.17) is 5.11 Å². The molecule has 1 aromatic rings. The highest BCUT2D eigenvalue weighted by atomic mass is 16.5. The lowest BCUT2D eigenvalue weighted by atomic mass is 10.2. The van der Waals surface area contributed by atoms with Crippen LogP contribution >= 0.6 is 0 Å². The van der Waals surface area contributed by atoms with Crippen molar-refractivity contribution >= 4 is 12.0 Å². The molecule has 3 N–H and O–H groups in total. The van der Waals surface area contributed by atoms with Gasteiger partial charge in [0.1, 0.15) is 12.0 Å². The van der Waals surface area contributed by atoms with Gasteiger partial charge in [0.05, 0.1) is 6.54 Å². The molecule has 0 spiro atoms. The summed E-state index contributed by atoms with van der Waals surface area (Å²) in [6.07, 6.45) is 3.81. The number of carbonyl (C=O) groups excluding carboxylic acids is 1. The third-order valence-electron chi connectivity index (χ3n) is 2.27. The fourth-order valence-corrected chi connectivity index (χ4v) is 1.34. The molecule has 1 aromatic heterocycles. The molecule has 0 atom stereocenters. The number of unbranched alkanes of at least 4 members (excludes halogenated alkanes) is 2. The van der Waals surface area contributed by atoms with Crippen molar-refractivity contribution in [2.75, 3.05) is 6.54 Å². The molecular formula is C11H17N3O4. The maximum Gasteiger partial charge on any atom is 0.315 e. The molecule has 7 nitrogen and oxygen atoms in total. The number of amides is 2. The first-order chi connectivity index (χ1) is 8.68. The van der Waals surface area contributed by atoms with E-state index in [1.807, 2.05) is 0 Å². The summed E-state index contributed by atoms with van der Waals surface area (Å²) in [5.41, 5.74) is 0.659. The largest absolute Gasteiger partial charge is 0.481 e. The van der Waals surface area contributed by atoms with Crippen LogP contribution in [0.25, 0.3) is 0 Å². The van der Waals surface area contributed by atoms with Gasteiger partial charge in [-0.2, -0.15) is 0 Å². The molecule has 0 unspecified atom stereocenters. The highest BCUT2D eigenvalue weighted by Gasteiger charge is 2.01. The Morgan fingerprint density at radius 1 is 1.28 bits per heavy atom. The van der Waals surface area contributed by atoms with Crippen molar-refractivity contribution in [2.45, 2.75) is 32.2 Å². The van der Waals surface area contributed by atoms with Gasteiger partial charge in [0.2, 0.25) is 0 Å². The molecule has 0 aliphatic rings. The van der Waals surface area contributed by atoms with Crippen molar-refractivity contribution in [2.24, 2.45) is 0 Å². The Labute approximate surface area is 105 Å². The van der Waals surface area contributed by atoms with E-state index in [9.17, 15) is 9.59 Å². The minimum absolute atomic E-state index is 0.179. The number of aliphatic carboxylic acids is 1. The smallest absolute Gasteiger partial charge is 0.315 e. The van der Waals surface area contributed by atoms with E-state index in [-0.39, 0.29) is 12.5 Å². The fraction of sp³-hybridized carbons (Fsp3) is 0.545. The SMILES string of the molecule is O=C(O)CCCCCNC(=O)NCc1ccon1. The van der Waals surface area contributed by atoms with Crippen LogP contribution in [0.4, 0.5) is 4.79 Å². The molecule has 18 heavy (non-hydrogen) atoms. The van der Waals surface area contributed by atoms with E-state index in [2.05, 4.69) is 20.3 Å². The number of rotatable bonds is 8. The fourth-order valence-electron chi connectivity index (χ4n) is 1.34. The predicted molar refractivity (Wildman–Crippen MR) is 62.8 cm³/mol. The minimum atomic E-state index is -0.784. The summed E-state index contributed by atoms with van der Waals surface area (Å²) in [5.74, 6) is -0.784. The second kappa shape index (κ2) is 8.10. The maximum atomic E-state index is 11.3. The van der Waals surface area contributed by atoms with Gasteiger partial charge in [-0.3, -0.25) is 4.79 Å². The molecule has 0 saturated heterocycles. The number of aromatic nitrogens is 1. The van der Waals surface area contributed by atoms with E-state index < -0.39 is 5.97 Å². The number of hydrogen-bond donors (Lipinski definition) is 3. The van der Waals surface area contributed by atoms with Crippen LogP contribution in [0.15, 0.2) is 16.9 Å². The number of nitrogens with one attached hydrogen (secondary N) is 2. The van der Waals surface area contributed by atoms with Crippen molar-refractivity contribution in [3.63, 3.8) is 0 Å². The molecular weight excluding hydrogens is 238 g/mol. The average molecular weight is 255 g/mol. The predicted octanol–water partition coefficient (Wildman–Crippen LogP) is 1.12. The summed E-state index contributed by atoms with van der Waals surface area (Å²) in [4.78, 5) is 21.5. The second-order valence-corrected chi connectivity index (χ2v) is 3.80. The molecule has 2 amide bonds. The van der Waals surface area contributed by atoms with E-state index in [1.54, 1.807) is 6.07 Å². The summed E-state index contributed by atoms with van der Waals surface area (Å²) >= 11 is 0. The third kappa shape index (κ3) is 6.51. The number of urea groups is 1. The Morgan fingerprint density at radius 2 is 2.11 bits per heavy atom. The first-order valence-corrected chi connectivity index (χ1v) is 5.81. The second-order valence-electron chi connectivity index (χ2n) is 3.80. The van der Waals surface area contributed by atoms with Crippen molar-refractivity contribution in [3.8, 4) is 0 Å². The Hall–Kier alpha value is -2.05. The van der Waals surface area contributed by atoms with Gasteiger partial charge in [0.15, 0.2) is 0 Å². The van der Waals surface area contributed by atoms with Crippen molar-refractivity contribution < 1.29 is 19.2 Å². The zero-order chi connectivity index (χ0) is 13.2. The molecule has 0 aliphatic heterocycles. The molecule has 1 heterocycles. The summed E-state index contributed by atoms with van der Waals surface area (Å²) < 4.78 is 4.62. The van der Waals surface area contributed by atoms with Gasteiger partial charge in [0.25, 0.3) is 0 Å². The summed E-state index contributed by atoms with van der Waals surface area (Å²) in [6, 6.07) is 1.41. The number of nitrogens with zero attached hydrogens (tertiary/aromatic N) is 1. The highest BCUT2D eigenvalue weighted by molar-refractivity contribution is 5.73. The summed E-state index contributed by atoms with van der Waals surface area (Å²) in [5, 5.41) is 17.4. The molecule has 0 aromatic carbocycles. The van der Waals surface area contributed by atoms with Gasteiger partial charge in [-0.05, 0) is 12.8 Å². The highest BCUT2D eigenvalue weighted by Crippen LogP contribution is 1.98. The average Bonchev–Trinajstić information content (AvgIpc) is 2.83. The van der Waals surface area contributed by atoms with Crippen LogP contribution in [0, 0.1) is 0 Å². The third-order valence-corrected chi connectivity index (χ3v) is 2.27. The summed E-state index contributed by atoms with van der Waals surface area (Å²) in [6.45, 7) is 0.853. The van der Waals surface area contributed by atoms with Crippen molar-refractivity contribution in [3.05, 3.63) is 18.0 Å². The topological polar surface area (TPSA) is 104 Å². The van der Waals surface area contributed by atoms with Gasteiger partial charge < -0.3 is 20.3 Å². The van der Waals surface area contributed by atoms with Crippen LogP contribution < -0.4 is 10.6 Å². The quantitative estimate of drug-likeness (QED) is 0.604. The van der Waals surface area contributed by atoms with E-state index >= 15 is 0 Å². The van der Waals surface area contributed by atoms with Crippen LogP contribution in [0.2, 0.25) is 0 Å². The Morgan fingerprint density at radius 3 is 2.78 bits per heavy atom. The zero-order valence-corrected chi connectivity index (χ0v) is 10.0. The van der Waals surface area contributed by atoms with Gasteiger partial charge in [-0.15, -0.1) is 0 Å². The van der Waals surface area contributed by atoms with Crippen LogP contribution in [-0.4, -0.2) is 28.8 Å². The van der Waals surface area contributed by atoms with E-state index in [0.29, 0.717) is 25.2 Å². The monoisotopic (exact) mass is 255 g/mol. The molecule has 0 aliphatic carbocycles. The van der Waals surface area contributed by atoms with Crippen molar-refractivity contribution in [1.82, 2.24) is 15.8 Å².